The predicted molar refractivity (Wildman–Crippen MR) is 84.4 cm³/mol. The highest BCUT2D eigenvalue weighted by Gasteiger charge is 2.34. The third kappa shape index (κ3) is 4.21. The second-order valence-corrected chi connectivity index (χ2v) is 7.04. The molecule has 0 aromatic heterocycles. The van der Waals surface area contributed by atoms with Crippen LogP contribution < -0.4 is 5.32 Å². The first-order valence-corrected chi connectivity index (χ1v) is 9.04. The smallest absolute Gasteiger partial charge is 0.0123 e. The van der Waals surface area contributed by atoms with Gasteiger partial charge in [-0.15, -0.1) is 0 Å². The molecule has 0 heterocycles. The van der Waals surface area contributed by atoms with Crippen molar-refractivity contribution in [2.75, 3.05) is 7.05 Å². The summed E-state index contributed by atoms with van der Waals surface area (Å²) < 4.78 is 0. The van der Waals surface area contributed by atoms with Crippen molar-refractivity contribution in [3.8, 4) is 0 Å². The Morgan fingerprint density at radius 3 is 2.05 bits per heavy atom. The maximum absolute atomic E-state index is 3.75. The van der Waals surface area contributed by atoms with E-state index in [4.69, 9.17) is 0 Å². The van der Waals surface area contributed by atoms with Crippen LogP contribution in [0.4, 0.5) is 0 Å². The summed E-state index contributed by atoms with van der Waals surface area (Å²) in [5.41, 5.74) is 0. The van der Waals surface area contributed by atoms with Gasteiger partial charge in [0.05, 0.1) is 0 Å². The van der Waals surface area contributed by atoms with Crippen LogP contribution in [-0.2, 0) is 0 Å². The molecule has 19 heavy (non-hydrogen) atoms. The van der Waals surface area contributed by atoms with Crippen molar-refractivity contribution in [2.24, 2.45) is 17.8 Å². The van der Waals surface area contributed by atoms with Crippen LogP contribution in [0.2, 0.25) is 0 Å². The minimum absolute atomic E-state index is 0.809. The molecule has 0 aromatic rings. The quantitative estimate of drug-likeness (QED) is 0.741. The molecule has 1 heteroatoms. The van der Waals surface area contributed by atoms with E-state index in [-0.39, 0.29) is 0 Å². The fourth-order valence-corrected chi connectivity index (χ4v) is 4.86. The molecule has 0 aromatic carbocycles. The Morgan fingerprint density at radius 1 is 0.842 bits per heavy atom. The number of hydrogen-bond acceptors (Lipinski definition) is 1. The van der Waals surface area contributed by atoms with Crippen molar-refractivity contribution < 1.29 is 0 Å². The van der Waals surface area contributed by atoms with E-state index in [2.05, 4.69) is 19.3 Å². The summed E-state index contributed by atoms with van der Waals surface area (Å²) in [5.74, 6) is 2.92. The molecule has 0 aliphatic heterocycles. The SMILES string of the molecule is CCC1CCCCC1C(NC)C1CCCCCCC1. The fourth-order valence-electron chi connectivity index (χ4n) is 4.86. The molecule has 2 rings (SSSR count). The average molecular weight is 265 g/mol. The van der Waals surface area contributed by atoms with E-state index in [0.29, 0.717) is 0 Å². The van der Waals surface area contributed by atoms with Gasteiger partial charge in [0.2, 0.25) is 0 Å². The molecule has 1 N–H and O–H groups in total. The Balaban J connectivity index is 1.99. The van der Waals surface area contributed by atoms with Gasteiger partial charge in [0.1, 0.15) is 0 Å². The maximum Gasteiger partial charge on any atom is 0.0123 e. The van der Waals surface area contributed by atoms with Gasteiger partial charge < -0.3 is 5.32 Å². The maximum atomic E-state index is 3.75. The van der Waals surface area contributed by atoms with E-state index in [1.54, 1.807) is 0 Å². The Labute approximate surface area is 120 Å². The zero-order valence-electron chi connectivity index (χ0n) is 13.3. The molecule has 0 radical (unpaired) electrons. The second kappa shape index (κ2) is 8.29. The van der Waals surface area contributed by atoms with Gasteiger partial charge in [-0.05, 0) is 44.1 Å². The topological polar surface area (TPSA) is 12.0 Å². The van der Waals surface area contributed by atoms with E-state index in [9.17, 15) is 0 Å². The first kappa shape index (κ1) is 15.4. The van der Waals surface area contributed by atoms with Crippen LogP contribution >= 0.6 is 0 Å². The predicted octanol–water partition coefficient (Wildman–Crippen LogP) is 5.15. The van der Waals surface area contributed by atoms with Gasteiger partial charge in [-0.1, -0.05) is 64.7 Å². The van der Waals surface area contributed by atoms with Crippen molar-refractivity contribution in [2.45, 2.75) is 90.0 Å². The van der Waals surface area contributed by atoms with Gasteiger partial charge in [0.25, 0.3) is 0 Å². The third-order valence-electron chi connectivity index (χ3n) is 5.94. The summed E-state index contributed by atoms with van der Waals surface area (Å²) in [6.07, 6.45) is 17.7. The second-order valence-electron chi connectivity index (χ2n) is 7.04. The van der Waals surface area contributed by atoms with Crippen molar-refractivity contribution in [1.82, 2.24) is 5.32 Å². The highest BCUT2D eigenvalue weighted by Crippen LogP contribution is 2.39. The van der Waals surface area contributed by atoms with Crippen LogP contribution in [0, 0.1) is 17.8 Å². The molecule has 2 saturated carbocycles. The fraction of sp³-hybridized carbons (Fsp3) is 1.00. The molecular weight excluding hydrogens is 230 g/mol. The van der Waals surface area contributed by atoms with E-state index in [1.807, 2.05) is 0 Å². The normalized spacial score (nSPS) is 32.5. The molecule has 2 fully saturated rings. The molecule has 0 spiro atoms. The lowest BCUT2D eigenvalue weighted by Crippen LogP contribution is -2.44. The van der Waals surface area contributed by atoms with Crippen LogP contribution in [0.1, 0.15) is 84.0 Å². The zero-order valence-corrected chi connectivity index (χ0v) is 13.3. The standard InChI is InChI=1S/C18H35N/c1-3-15-11-9-10-14-17(15)18(19-2)16-12-7-5-4-6-8-13-16/h15-19H,3-14H2,1-2H3. The van der Waals surface area contributed by atoms with Crippen molar-refractivity contribution in [1.29, 1.82) is 0 Å². The summed E-state index contributed by atoms with van der Waals surface area (Å²) in [4.78, 5) is 0. The lowest BCUT2D eigenvalue weighted by molar-refractivity contribution is 0.129. The first-order valence-electron chi connectivity index (χ1n) is 9.04. The molecule has 2 aliphatic carbocycles. The van der Waals surface area contributed by atoms with Gasteiger partial charge in [0.15, 0.2) is 0 Å². The highest BCUT2D eigenvalue weighted by molar-refractivity contribution is 4.88. The third-order valence-corrected chi connectivity index (χ3v) is 5.94. The molecule has 3 unspecified atom stereocenters. The Bertz CT molecular complexity index is 230. The van der Waals surface area contributed by atoms with E-state index in [0.717, 1.165) is 23.8 Å². The number of rotatable bonds is 4. The minimum atomic E-state index is 0.809. The van der Waals surface area contributed by atoms with Gasteiger partial charge in [0, 0.05) is 6.04 Å². The Hall–Kier alpha value is -0.0400. The summed E-state index contributed by atoms with van der Waals surface area (Å²) in [7, 11) is 2.23. The minimum Gasteiger partial charge on any atom is -0.316 e. The molecular formula is C18H35N. The van der Waals surface area contributed by atoms with E-state index < -0.39 is 0 Å². The molecule has 0 bridgehead atoms. The van der Waals surface area contributed by atoms with E-state index >= 15 is 0 Å². The largest absolute Gasteiger partial charge is 0.316 e. The molecule has 112 valence electrons. The molecule has 0 saturated heterocycles. The van der Waals surface area contributed by atoms with Crippen molar-refractivity contribution in [3.63, 3.8) is 0 Å². The van der Waals surface area contributed by atoms with Crippen LogP contribution in [0.15, 0.2) is 0 Å². The van der Waals surface area contributed by atoms with Crippen LogP contribution in [0.5, 0.6) is 0 Å². The van der Waals surface area contributed by atoms with Gasteiger partial charge in [-0.2, -0.15) is 0 Å². The van der Waals surface area contributed by atoms with Gasteiger partial charge in [-0.3, -0.25) is 0 Å². The average Bonchev–Trinajstić information content (AvgIpc) is 2.42. The van der Waals surface area contributed by atoms with Crippen molar-refractivity contribution in [3.05, 3.63) is 0 Å². The summed E-state index contributed by atoms with van der Waals surface area (Å²) >= 11 is 0. The van der Waals surface area contributed by atoms with Gasteiger partial charge >= 0.3 is 0 Å². The Morgan fingerprint density at radius 2 is 1.42 bits per heavy atom. The van der Waals surface area contributed by atoms with Gasteiger partial charge in [-0.25, -0.2) is 0 Å². The molecule has 1 nitrogen and oxygen atoms in total. The van der Waals surface area contributed by atoms with Crippen molar-refractivity contribution >= 4 is 0 Å². The zero-order chi connectivity index (χ0) is 13.5. The summed E-state index contributed by atoms with van der Waals surface area (Å²) in [6.45, 7) is 2.41. The van der Waals surface area contributed by atoms with Crippen LogP contribution in [0.25, 0.3) is 0 Å². The summed E-state index contributed by atoms with van der Waals surface area (Å²) in [5, 5.41) is 3.75. The Kier molecular flexibility index (Phi) is 6.70. The molecule has 0 amide bonds. The van der Waals surface area contributed by atoms with Crippen LogP contribution in [0.3, 0.4) is 0 Å². The number of nitrogens with one attached hydrogen (secondary N) is 1. The molecule has 2 aliphatic rings. The first-order chi connectivity index (χ1) is 9.36. The van der Waals surface area contributed by atoms with Crippen LogP contribution in [-0.4, -0.2) is 13.1 Å². The van der Waals surface area contributed by atoms with E-state index in [1.165, 1.54) is 77.0 Å². The lowest BCUT2D eigenvalue weighted by Gasteiger charge is -2.41. The highest BCUT2D eigenvalue weighted by atomic mass is 14.9. The number of hydrogen-bond donors (Lipinski definition) is 1. The summed E-state index contributed by atoms with van der Waals surface area (Å²) in [6, 6.07) is 0.809. The lowest BCUT2D eigenvalue weighted by atomic mass is 9.69. The molecule has 3 atom stereocenters. The monoisotopic (exact) mass is 265 g/mol.